The lowest BCUT2D eigenvalue weighted by Gasteiger charge is -2.21. The molecule has 116 valence electrons. The first-order valence-corrected chi connectivity index (χ1v) is 9.04. The fourth-order valence-electron chi connectivity index (χ4n) is 4.08. The van der Waals surface area contributed by atoms with Gasteiger partial charge < -0.3 is 15.4 Å². The number of ether oxygens (including phenoxy) is 1. The summed E-state index contributed by atoms with van der Waals surface area (Å²) in [6, 6.07) is 7.57. The summed E-state index contributed by atoms with van der Waals surface area (Å²) >= 11 is 2.09. The van der Waals surface area contributed by atoms with Crippen molar-refractivity contribution in [3.8, 4) is 0 Å². The zero-order valence-electron chi connectivity index (χ0n) is 12.9. The molecule has 2 fully saturated rings. The van der Waals surface area contributed by atoms with Crippen molar-refractivity contribution >= 4 is 23.0 Å². The van der Waals surface area contributed by atoms with Gasteiger partial charge in [-0.05, 0) is 30.2 Å². The maximum Gasteiger partial charge on any atom is 0.117 e. The zero-order valence-corrected chi connectivity index (χ0v) is 13.7. The van der Waals surface area contributed by atoms with Crippen LogP contribution in [0, 0.1) is 5.92 Å². The van der Waals surface area contributed by atoms with E-state index in [2.05, 4.69) is 59.3 Å². The molecule has 5 rings (SSSR count). The molecule has 1 aromatic carbocycles. The summed E-state index contributed by atoms with van der Waals surface area (Å²) in [7, 11) is 0. The van der Waals surface area contributed by atoms with E-state index in [-0.39, 0.29) is 0 Å². The lowest BCUT2D eigenvalue weighted by molar-refractivity contribution is 0.172. The van der Waals surface area contributed by atoms with Crippen molar-refractivity contribution in [2.45, 2.75) is 30.6 Å². The van der Waals surface area contributed by atoms with E-state index in [1.54, 1.807) is 0 Å². The number of nitrogens with zero attached hydrogens (tertiary/aromatic N) is 1. The van der Waals surface area contributed by atoms with E-state index >= 15 is 0 Å². The molecular formula is C17H21N3OS. The predicted octanol–water partition coefficient (Wildman–Crippen LogP) is 2.81. The molecule has 0 radical (unpaired) electrons. The molecule has 4 nitrogen and oxygen atoms in total. The molecule has 4 aliphatic rings. The first kappa shape index (κ1) is 13.3. The Labute approximate surface area is 135 Å². The number of thioether (sulfide) groups is 1. The van der Waals surface area contributed by atoms with Gasteiger partial charge in [0.25, 0.3) is 0 Å². The molecular weight excluding hydrogens is 294 g/mol. The standard InChI is InChI=1S/C17H21N3OS/c1-9-6-18-14-7-21-8-19-13-4-3-11(5-12(13)15(9)14)16-17-20(16)10(2)22-17/h3-5,9-10,16-19H,6-8H2,1-2H3/t9?,10?,16?,17?,20-/m0/s1. The van der Waals surface area contributed by atoms with Crippen molar-refractivity contribution in [1.82, 2.24) is 10.2 Å². The van der Waals surface area contributed by atoms with Crippen molar-refractivity contribution < 1.29 is 4.74 Å². The molecule has 0 bridgehead atoms. The van der Waals surface area contributed by atoms with Crippen LogP contribution in [-0.2, 0) is 4.74 Å². The van der Waals surface area contributed by atoms with E-state index in [0.717, 1.165) is 11.9 Å². The largest absolute Gasteiger partial charge is 0.386 e. The first-order chi connectivity index (χ1) is 10.7. The highest BCUT2D eigenvalue weighted by Crippen LogP contribution is 2.62. The summed E-state index contributed by atoms with van der Waals surface area (Å²) in [6.45, 7) is 6.88. The lowest BCUT2D eigenvalue weighted by atomic mass is 9.91. The van der Waals surface area contributed by atoms with Crippen molar-refractivity contribution in [1.29, 1.82) is 0 Å². The van der Waals surface area contributed by atoms with Crippen LogP contribution < -0.4 is 10.6 Å². The molecule has 5 atom stereocenters. The summed E-state index contributed by atoms with van der Waals surface area (Å²) in [5.74, 6) is 0.539. The van der Waals surface area contributed by atoms with Gasteiger partial charge in [-0.2, -0.15) is 0 Å². The third-order valence-corrected chi connectivity index (χ3v) is 6.70. The van der Waals surface area contributed by atoms with Gasteiger partial charge in [-0.3, -0.25) is 4.90 Å². The molecule has 0 amide bonds. The maximum absolute atomic E-state index is 5.70. The van der Waals surface area contributed by atoms with E-state index in [1.807, 2.05) is 0 Å². The molecule has 4 heterocycles. The van der Waals surface area contributed by atoms with Crippen molar-refractivity contribution in [3.63, 3.8) is 0 Å². The third-order valence-electron chi connectivity index (χ3n) is 5.28. The van der Waals surface area contributed by atoms with Crippen LogP contribution in [0.2, 0.25) is 0 Å². The van der Waals surface area contributed by atoms with E-state index in [0.29, 0.717) is 30.7 Å². The molecule has 2 N–H and O–H groups in total. The van der Waals surface area contributed by atoms with Gasteiger partial charge in [0, 0.05) is 29.4 Å². The fourth-order valence-corrected chi connectivity index (χ4v) is 5.52. The van der Waals surface area contributed by atoms with Gasteiger partial charge >= 0.3 is 0 Å². The van der Waals surface area contributed by atoms with Crippen LogP contribution in [0.4, 0.5) is 5.69 Å². The van der Waals surface area contributed by atoms with E-state index < -0.39 is 0 Å². The number of rotatable bonds is 1. The molecule has 4 aliphatic heterocycles. The summed E-state index contributed by atoms with van der Waals surface area (Å²) in [6.07, 6.45) is 0. The van der Waals surface area contributed by atoms with E-state index in [9.17, 15) is 0 Å². The van der Waals surface area contributed by atoms with Crippen LogP contribution in [0.15, 0.2) is 23.9 Å². The third kappa shape index (κ3) is 1.79. The second kappa shape index (κ2) is 4.66. The van der Waals surface area contributed by atoms with Crippen molar-refractivity contribution in [3.05, 3.63) is 35.0 Å². The second-order valence-electron chi connectivity index (χ2n) is 6.67. The minimum Gasteiger partial charge on any atom is -0.386 e. The quantitative estimate of drug-likeness (QED) is 0.779. The number of hydrogen-bond acceptors (Lipinski definition) is 5. The Morgan fingerprint density at radius 2 is 2.18 bits per heavy atom. The number of nitrogens with one attached hydrogen (secondary N) is 2. The highest BCUT2D eigenvalue weighted by molar-refractivity contribution is 8.02. The van der Waals surface area contributed by atoms with Crippen molar-refractivity contribution in [2.75, 3.05) is 25.2 Å². The first-order valence-electron chi connectivity index (χ1n) is 8.10. The average Bonchev–Trinajstić information content (AvgIpc) is 2.96. The molecule has 2 saturated heterocycles. The molecule has 4 unspecified atom stereocenters. The lowest BCUT2D eigenvalue weighted by Crippen LogP contribution is -2.21. The van der Waals surface area contributed by atoms with Gasteiger partial charge in [-0.1, -0.05) is 13.0 Å². The molecule has 0 aromatic heterocycles. The molecule has 0 saturated carbocycles. The Balaban J connectivity index is 1.58. The summed E-state index contributed by atoms with van der Waals surface area (Å²) in [5.41, 5.74) is 6.76. The Kier molecular flexibility index (Phi) is 2.82. The minimum absolute atomic E-state index is 0.539. The average molecular weight is 315 g/mol. The molecule has 1 aromatic rings. The van der Waals surface area contributed by atoms with Gasteiger partial charge in [0.05, 0.1) is 23.4 Å². The van der Waals surface area contributed by atoms with Crippen molar-refractivity contribution in [2.24, 2.45) is 5.92 Å². The predicted molar refractivity (Wildman–Crippen MR) is 90.4 cm³/mol. The fraction of sp³-hybridized carbons (Fsp3) is 0.529. The molecule has 0 spiro atoms. The SMILES string of the molecule is CC1CNC2=C1c1cc(C3C4SC(C)[N@]43)ccc1NCOC2. The van der Waals surface area contributed by atoms with Crippen LogP contribution in [0.1, 0.15) is 31.0 Å². The highest BCUT2D eigenvalue weighted by atomic mass is 32.2. The summed E-state index contributed by atoms with van der Waals surface area (Å²) < 4.78 is 5.70. The summed E-state index contributed by atoms with van der Waals surface area (Å²) in [5, 5.41) is 8.37. The number of benzene rings is 1. The summed E-state index contributed by atoms with van der Waals surface area (Å²) in [4.78, 5) is 2.59. The van der Waals surface area contributed by atoms with E-state index in [4.69, 9.17) is 4.74 Å². The maximum atomic E-state index is 5.70. The molecule has 22 heavy (non-hydrogen) atoms. The number of anilines is 1. The molecule has 5 heteroatoms. The smallest absolute Gasteiger partial charge is 0.117 e. The van der Waals surface area contributed by atoms with E-state index in [1.165, 1.54) is 28.1 Å². The van der Waals surface area contributed by atoms with Gasteiger partial charge in [0.15, 0.2) is 0 Å². The Bertz CT molecular complexity index is 674. The zero-order chi connectivity index (χ0) is 14.8. The second-order valence-corrected chi connectivity index (χ2v) is 8.10. The normalized spacial score (nSPS) is 38.5. The monoisotopic (exact) mass is 315 g/mol. The molecule has 0 aliphatic carbocycles. The van der Waals surface area contributed by atoms with Crippen LogP contribution in [0.5, 0.6) is 0 Å². The highest BCUT2D eigenvalue weighted by Gasteiger charge is 2.60. The number of hydrogen-bond donors (Lipinski definition) is 2. The Morgan fingerprint density at radius 1 is 1.27 bits per heavy atom. The number of fused-ring (bicyclic) bond motifs is 3. The van der Waals surface area contributed by atoms with Crippen LogP contribution in [0.25, 0.3) is 5.57 Å². The Hall–Kier alpha value is -1.17. The minimum atomic E-state index is 0.539. The topological polar surface area (TPSA) is 36.3 Å². The Morgan fingerprint density at radius 3 is 2.95 bits per heavy atom. The van der Waals surface area contributed by atoms with Crippen LogP contribution in [-0.4, -0.2) is 35.5 Å². The van der Waals surface area contributed by atoms with Crippen LogP contribution in [0.3, 0.4) is 0 Å². The van der Waals surface area contributed by atoms with Gasteiger partial charge in [0.1, 0.15) is 6.73 Å². The van der Waals surface area contributed by atoms with Crippen LogP contribution >= 0.6 is 11.8 Å². The van der Waals surface area contributed by atoms with Gasteiger partial charge in [0.2, 0.25) is 0 Å². The van der Waals surface area contributed by atoms with Gasteiger partial charge in [-0.15, -0.1) is 11.8 Å². The van der Waals surface area contributed by atoms with Gasteiger partial charge in [-0.25, -0.2) is 0 Å².